The lowest BCUT2D eigenvalue weighted by atomic mass is 10.3. The summed E-state index contributed by atoms with van der Waals surface area (Å²) in [5.41, 5.74) is -0.363. The van der Waals surface area contributed by atoms with E-state index in [4.69, 9.17) is 5.11 Å². The molecule has 0 aliphatic carbocycles. The molecule has 15 heavy (non-hydrogen) atoms. The molecular weight excluding hydrogens is 272 g/mol. The third kappa shape index (κ3) is 3.07. The number of rotatable bonds is 4. The third-order valence-electron chi connectivity index (χ3n) is 1.68. The molecule has 1 aromatic rings. The molecule has 0 saturated carbocycles. The molecule has 1 aromatic heterocycles. The Bertz CT molecular complexity index is 338. The van der Waals surface area contributed by atoms with E-state index in [9.17, 15) is 8.78 Å². The second-order valence-corrected chi connectivity index (χ2v) is 3.74. The molecule has 0 radical (unpaired) electrons. The summed E-state index contributed by atoms with van der Waals surface area (Å²) in [7, 11) is 0. The summed E-state index contributed by atoms with van der Waals surface area (Å²) in [5.74, 6) is 0.252. The number of hydrogen-bond donors (Lipinski definition) is 2. The van der Waals surface area contributed by atoms with Crippen LogP contribution < -0.4 is 5.32 Å². The molecular formula is C8H10BrF2N3O. The van der Waals surface area contributed by atoms with Gasteiger partial charge in [0.05, 0.1) is 11.1 Å². The van der Waals surface area contributed by atoms with E-state index in [-0.39, 0.29) is 28.6 Å². The van der Waals surface area contributed by atoms with Crippen LogP contribution in [0, 0.1) is 0 Å². The minimum absolute atomic E-state index is 0.111. The van der Waals surface area contributed by atoms with Crippen LogP contribution in [0.1, 0.15) is 19.0 Å². The predicted octanol–water partition coefficient (Wildman–Crippen LogP) is 1.97. The highest BCUT2D eigenvalue weighted by atomic mass is 79.9. The number of anilines is 1. The Morgan fingerprint density at radius 2 is 2.20 bits per heavy atom. The standard InChI is InChI=1S/C8H10BrF2N3O/c1-4(2-15)14-8-5(9)6(7(10)11)12-3-13-8/h3-4,7,15H,2H2,1H3,(H,12,13,14). The third-order valence-corrected chi connectivity index (χ3v) is 2.46. The van der Waals surface area contributed by atoms with Crippen LogP contribution in [0.25, 0.3) is 0 Å². The van der Waals surface area contributed by atoms with Gasteiger partial charge in [-0.2, -0.15) is 0 Å². The SMILES string of the molecule is CC(CO)Nc1ncnc(C(F)F)c1Br. The number of halogens is 3. The number of alkyl halides is 2. The van der Waals surface area contributed by atoms with Gasteiger partial charge < -0.3 is 10.4 Å². The van der Waals surface area contributed by atoms with Crippen LogP contribution in [0.3, 0.4) is 0 Å². The Balaban J connectivity index is 2.94. The normalized spacial score (nSPS) is 12.9. The Kier molecular flexibility index (Phi) is 4.34. The van der Waals surface area contributed by atoms with Crippen molar-refractivity contribution in [2.75, 3.05) is 11.9 Å². The zero-order valence-electron chi connectivity index (χ0n) is 7.91. The molecule has 0 bridgehead atoms. The lowest BCUT2D eigenvalue weighted by Gasteiger charge is -2.13. The maximum absolute atomic E-state index is 12.4. The van der Waals surface area contributed by atoms with Gasteiger partial charge in [-0.05, 0) is 22.9 Å². The molecule has 0 amide bonds. The van der Waals surface area contributed by atoms with E-state index >= 15 is 0 Å². The molecule has 0 aliphatic rings. The van der Waals surface area contributed by atoms with Crippen LogP contribution in [-0.2, 0) is 0 Å². The van der Waals surface area contributed by atoms with Gasteiger partial charge in [0.25, 0.3) is 6.43 Å². The molecule has 0 aromatic carbocycles. The Hall–Kier alpha value is -0.820. The highest BCUT2D eigenvalue weighted by Gasteiger charge is 2.17. The zero-order valence-corrected chi connectivity index (χ0v) is 9.50. The quantitative estimate of drug-likeness (QED) is 0.886. The Morgan fingerprint density at radius 3 is 2.73 bits per heavy atom. The van der Waals surface area contributed by atoms with Crippen LogP contribution in [0.2, 0.25) is 0 Å². The Labute approximate surface area is 93.9 Å². The second-order valence-electron chi connectivity index (χ2n) is 2.95. The van der Waals surface area contributed by atoms with Gasteiger partial charge in [0.2, 0.25) is 0 Å². The molecule has 2 N–H and O–H groups in total. The van der Waals surface area contributed by atoms with Crippen molar-refractivity contribution in [1.82, 2.24) is 9.97 Å². The van der Waals surface area contributed by atoms with Crippen LogP contribution in [0.4, 0.5) is 14.6 Å². The minimum Gasteiger partial charge on any atom is -0.394 e. The maximum Gasteiger partial charge on any atom is 0.281 e. The fraction of sp³-hybridized carbons (Fsp3) is 0.500. The van der Waals surface area contributed by atoms with E-state index < -0.39 is 6.43 Å². The summed E-state index contributed by atoms with van der Waals surface area (Å²) in [5, 5.41) is 11.6. The average Bonchev–Trinajstić information content (AvgIpc) is 2.20. The second kappa shape index (κ2) is 5.32. The molecule has 0 spiro atoms. The van der Waals surface area contributed by atoms with Crippen molar-refractivity contribution in [3.63, 3.8) is 0 Å². The van der Waals surface area contributed by atoms with Gasteiger partial charge in [-0.3, -0.25) is 0 Å². The van der Waals surface area contributed by atoms with Crippen molar-refractivity contribution >= 4 is 21.7 Å². The van der Waals surface area contributed by atoms with Crippen molar-refractivity contribution in [1.29, 1.82) is 0 Å². The van der Waals surface area contributed by atoms with Crippen molar-refractivity contribution in [2.45, 2.75) is 19.4 Å². The summed E-state index contributed by atoms with van der Waals surface area (Å²) in [6.07, 6.45) is -1.61. The summed E-state index contributed by atoms with van der Waals surface area (Å²) < 4.78 is 25.0. The van der Waals surface area contributed by atoms with Crippen LogP contribution >= 0.6 is 15.9 Å². The minimum atomic E-state index is -2.66. The summed E-state index contributed by atoms with van der Waals surface area (Å²) >= 11 is 2.99. The van der Waals surface area contributed by atoms with Crippen molar-refractivity contribution in [3.8, 4) is 0 Å². The summed E-state index contributed by atoms with van der Waals surface area (Å²) in [6, 6.07) is -0.262. The number of aliphatic hydroxyl groups is 1. The van der Waals surface area contributed by atoms with Crippen LogP contribution in [0.5, 0.6) is 0 Å². The van der Waals surface area contributed by atoms with Gasteiger partial charge >= 0.3 is 0 Å². The molecule has 1 unspecified atom stereocenters. The molecule has 1 rings (SSSR count). The number of aromatic nitrogens is 2. The van der Waals surface area contributed by atoms with Crippen LogP contribution in [0.15, 0.2) is 10.8 Å². The van der Waals surface area contributed by atoms with Gasteiger partial charge in [0, 0.05) is 6.04 Å². The number of aliphatic hydroxyl groups excluding tert-OH is 1. The monoisotopic (exact) mass is 281 g/mol. The molecule has 4 nitrogen and oxygen atoms in total. The molecule has 84 valence electrons. The largest absolute Gasteiger partial charge is 0.394 e. The topological polar surface area (TPSA) is 58.0 Å². The summed E-state index contributed by atoms with van der Waals surface area (Å²) in [4.78, 5) is 7.26. The van der Waals surface area contributed by atoms with E-state index in [2.05, 4.69) is 31.2 Å². The lowest BCUT2D eigenvalue weighted by Crippen LogP contribution is -2.20. The first-order chi connectivity index (χ1) is 7.06. The van der Waals surface area contributed by atoms with E-state index in [0.717, 1.165) is 6.33 Å². The lowest BCUT2D eigenvalue weighted by molar-refractivity contribution is 0.145. The highest BCUT2D eigenvalue weighted by molar-refractivity contribution is 9.10. The fourth-order valence-corrected chi connectivity index (χ4v) is 1.41. The number of hydrogen-bond acceptors (Lipinski definition) is 4. The average molecular weight is 282 g/mol. The molecule has 0 aliphatic heterocycles. The highest BCUT2D eigenvalue weighted by Crippen LogP contribution is 2.29. The van der Waals surface area contributed by atoms with Crippen molar-refractivity contribution in [3.05, 3.63) is 16.5 Å². The Morgan fingerprint density at radius 1 is 1.53 bits per heavy atom. The maximum atomic E-state index is 12.4. The van der Waals surface area contributed by atoms with E-state index in [1.54, 1.807) is 6.92 Å². The smallest absolute Gasteiger partial charge is 0.281 e. The molecule has 0 fully saturated rings. The van der Waals surface area contributed by atoms with E-state index in [0.29, 0.717) is 0 Å². The van der Waals surface area contributed by atoms with Gasteiger partial charge in [0.1, 0.15) is 17.8 Å². The predicted molar refractivity (Wildman–Crippen MR) is 54.9 cm³/mol. The zero-order chi connectivity index (χ0) is 11.4. The first kappa shape index (κ1) is 12.3. The number of nitrogens with one attached hydrogen (secondary N) is 1. The van der Waals surface area contributed by atoms with E-state index in [1.807, 2.05) is 0 Å². The molecule has 1 atom stereocenters. The van der Waals surface area contributed by atoms with Crippen molar-refractivity contribution < 1.29 is 13.9 Å². The molecule has 7 heteroatoms. The van der Waals surface area contributed by atoms with Gasteiger partial charge in [-0.1, -0.05) is 0 Å². The van der Waals surface area contributed by atoms with Gasteiger partial charge in [0.15, 0.2) is 0 Å². The fourth-order valence-electron chi connectivity index (χ4n) is 0.915. The molecule has 1 heterocycles. The first-order valence-electron chi connectivity index (χ1n) is 4.22. The molecule has 0 saturated heterocycles. The summed E-state index contributed by atoms with van der Waals surface area (Å²) in [6.45, 7) is 1.59. The van der Waals surface area contributed by atoms with E-state index in [1.165, 1.54) is 0 Å². The number of nitrogens with zero attached hydrogens (tertiary/aromatic N) is 2. The van der Waals surface area contributed by atoms with Crippen LogP contribution in [-0.4, -0.2) is 27.7 Å². The first-order valence-corrected chi connectivity index (χ1v) is 5.01. The van der Waals surface area contributed by atoms with Gasteiger partial charge in [-0.25, -0.2) is 18.7 Å². The van der Waals surface area contributed by atoms with Gasteiger partial charge in [-0.15, -0.1) is 0 Å². The van der Waals surface area contributed by atoms with Crippen molar-refractivity contribution in [2.24, 2.45) is 0 Å².